The van der Waals surface area contributed by atoms with Crippen LogP contribution in [0.5, 0.6) is 0 Å². The van der Waals surface area contributed by atoms with Gasteiger partial charge in [-0.2, -0.15) is 0 Å². The average molecular weight is 198 g/mol. The van der Waals surface area contributed by atoms with E-state index in [0.717, 1.165) is 12.1 Å². The van der Waals surface area contributed by atoms with E-state index >= 15 is 0 Å². The fourth-order valence-electron chi connectivity index (χ4n) is 1.30. The van der Waals surface area contributed by atoms with Crippen LogP contribution in [0.4, 0.5) is 8.78 Å². The second-order valence-electron chi connectivity index (χ2n) is 2.89. The molecule has 0 N–H and O–H groups in total. The molecule has 0 amide bonds. The third-order valence-corrected chi connectivity index (χ3v) is 1.93. The number of halogens is 2. The summed E-state index contributed by atoms with van der Waals surface area (Å²) in [4.78, 5) is 3.92. The molecular formula is C9H8F2N2O. The van der Waals surface area contributed by atoms with Gasteiger partial charge in [-0.05, 0) is 0 Å². The highest BCUT2D eigenvalue weighted by molar-refractivity contribution is 5.75. The van der Waals surface area contributed by atoms with E-state index in [1.807, 2.05) is 0 Å². The minimum absolute atomic E-state index is 0.265. The molecule has 0 unspecified atom stereocenters. The number of nitrogens with zero attached hydrogens (tertiary/aromatic N) is 2. The molecule has 0 saturated carbocycles. The molecule has 0 radical (unpaired) electrons. The van der Waals surface area contributed by atoms with Crippen molar-refractivity contribution in [1.29, 1.82) is 0 Å². The van der Waals surface area contributed by atoms with Crippen LogP contribution in [-0.2, 0) is 11.5 Å². The Morgan fingerprint density at radius 3 is 2.79 bits per heavy atom. The fourth-order valence-corrected chi connectivity index (χ4v) is 1.30. The smallest absolute Gasteiger partial charge is 0.161 e. The monoisotopic (exact) mass is 198 g/mol. The predicted octanol–water partition coefficient (Wildman–Crippen LogP) is 1.92. The summed E-state index contributed by atoms with van der Waals surface area (Å²) in [6.45, 7) is 0.265. The molecule has 2 rings (SSSR count). The molecular weight excluding hydrogens is 190 g/mol. The SMILES string of the molecule is COCn1cnc2cc(F)c(F)cc21. The van der Waals surface area contributed by atoms with E-state index < -0.39 is 11.6 Å². The number of hydrogen-bond acceptors (Lipinski definition) is 2. The summed E-state index contributed by atoms with van der Waals surface area (Å²) in [6.07, 6.45) is 1.48. The first-order valence-electron chi connectivity index (χ1n) is 4.01. The summed E-state index contributed by atoms with van der Waals surface area (Å²) in [5, 5.41) is 0. The minimum atomic E-state index is -0.889. The van der Waals surface area contributed by atoms with Crippen LogP contribution in [0.3, 0.4) is 0 Å². The number of rotatable bonds is 2. The van der Waals surface area contributed by atoms with Gasteiger partial charge < -0.3 is 9.30 Å². The third-order valence-electron chi connectivity index (χ3n) is 1.93. The Labute approximate surface area is 78.9 Å². The molecule has 74 valence electrons. The van der Waals surface area contributed by atoms with Crippen LogP contribution in [-0.4, -0.2) is 16.7 Å². The lowest BCUT2D eigenvalue weighted by atomic mass is 10.3. The zero-order valence-electron chi connectivity index (χ0n) is 7.50. The van der Waals surface area contributed by atoms with Crippen molar-refractivity contribution >= 4 is 11.0 Å². The van der Waals surface area contributed by atoms with Gasteiger partial charge in [-0.15, -0.1) is 0 Å². The van der Waals surface area contributed by atoms with E-state index in [9.17, 15) is 8.78 Å². The van der Waals surface area contributed by atoms with Gasteiger partial charge in [-0.25, -0.2) is 13.8 Å². The van der Waals surface area contributed by atoms with Crippen molar-refractivity contribution in [2.75, 3.05) is 7.11 Å². The molecule has 0 atom stereocenters. The molecule has 0 saturated heterocycles. The van der Waals surface area contributed by atoms with E-state index in [-0.39, 0.29) is 6.73 Å². The lowest BCUT2D eigenvalue weighted by molar-refractivity contribution is 0.134. The van der Waals surface area contributed by atoms with Gasteiger partial charge in [-0.3, -0.25) is 0 Å². The molecule has 0 fully saturated rings. The highest BCUT2D eigenvalue weighted by Gasteiger charge is 2.08. The van der Waals surface area contributed by atoms with Crippen molar-refractivity contribution in [2.24, 2.45) is 0 Å². The second kappa shape index (κ2) is 3.34. The van der Waals surface area contributed by atoms with Crippen LogP contribution in [0.25, 0.3) is 11.0 Å². The molecule has 14 heavy (non-hydrogen) atoms. The van der Waals surface area contributed by atoms with Crippen molar-refractivity contribution in [3.63, 3.8) is 0 Å². The Bertz CT molecular complexity index is 467. The zero-order valence-corrected chi connectivity index (χ0v) is 7.50. The summed E-state index contributed by atoms with van der Waals surface area (Å²) in [5.74, 6) is -1.77. The lowest BCUT2D eigenvalue weighted by Gasteiger charge is -2.01. The Morgan fingerprint density at radius 1 is 1.36 bits per heavy atom. The van der Waals surface area contributed by atoms with E-state index in [1.165, 1.54) is 13.4 Å². The number of aromatic nitrogens is 2. The number of hydrogen-bond donors (Lipinski definition) is 0. The molecule has 5 heteroatoms. The van der Waals surface area contributed by atoms with Crippen LogP contribution < -0.4 is 0 Å². The summed E-state index contributed by atoms with van der Waals surface area (Å²) in [5.41, 5.74) is 0.937. The van der Waals surface area contributed by atoms with Crippen LogP contribution in [0.1, 0.15) is 0 Å². The number of ether oxygens (including phenoxy) is 1. The van der Waals surface area contributed by atoms with Gasteiger partial charge >= 0.3 is 0 Å². The molecule has 3 nitrogen and oxygen atoms in total. The van der Waals surface area contributed by atoms with Gasteiger partial charge in [-0.1, -0.05) is 0 Å². The molecule has 2 aromatic rings. The van der Waals surface area contributed by atoms with Crippen molar-refractivity contribution in [2.45, 2.75) is 6.73 Å². The fraction of sp³-hybridized carbons (Fsp3) is 0.222. The topological polar surface area (TPSA) is 27.1 Å². The summed E-state index contributed by atoms with van der Waals surface area (Å²) in [6, 6.07) is 2.17. The third kappa shape index (κ3) is 1.35. The van der Waals surface area contributed by atoms with E-state index in [0.29, 0.717) is 11.0 Å². The highest BCUT2D eigenvalue weighted by Crippen LogP contribution is 2.17. The van der Waals surface area contributed by atoms with Crippen molar-refractivity contribution < 1.29 is 13.5 Å². The highest BCUT2D eigenvalue weighted by atomic mass is 19.2. The number of benzene rings is 1. The van der Waals surface area contributed by atoms with Crippen LogP contribution in [0.2, 0.25) is 0 Å². The Balaban J connectivity index is 2.61. The Kier molecular flexibility index (Phi) is 2.17. The standard InChI is InChI=1S/C9H8F2N2O/c1-14-5-13-4-12-8-2-6(10)7(11)3-9(8)13/h2-4H,5H2,1H3. The summed E-state index contributed by atoms with van der Waals surface area (Å²) < 4.78 is 32.1. The number of fused-ring (bicyclic) bond motifs is 1. The second-order valence-corrected chi connectivity index (χ2v) is 2.89. The Hall–Kier alpha value is -1.49. The minimum Gasteiger partial charge on any atom is -0.364 e. The first-order chi connectivity index (χ1) is 6.72. The molecule has 1 aromatic heterocycles. The number of imidazole rings is 1. The molecule has 1 aromatic carbocycles. The molecule has 0 bridgehead atoms. The van der Waals surface area contributed by atoms with Crippen LogP contribution >= 0.6 is 0 Å². The van der Waals surface area contributed by atoms with Crippen LogP contribution in [0.15, 0.2) is 18.5 Å². The first-order valence-corrected chi connectivity index (χ1v) is 4.01. The van der Waals surface area contributed by atoms with Gasteiger partial charge in [0.1, 0.15) is 6.73 Å². The first kappa shape index (κ1) is 9.08. The average Bonchev–Trinajstić information content (AvgIpc) is 2.51. The molecule has 0 aliphatic rings. The number of methoxy groups -OCH3 is 1. The van der Waals surface area contributed by atoms with Gasteiger partial charge in [0.2, 0.25) is 0 Å². The maximum absolute atomic E-state index is 12.9. The van der Waals surface area contributed by atoms with Gasteiger partial charge in [0.15, 0.2) is 11.6 Å². The lowest BCUT2D eigenvalue weighted by Crippen LogP contribution is -1.97. The van der Waals surface area contributed by atoms with Crippen molar-refractivity contribution in [3.05, 3.63) is 30.1 Å². The van der Waals surface area contributed by atoms with E-state index in [4.69, 9.17) is 4.74 Å². The predicted molar refractivity (Wildman–Crippen MR) is 46.7 cm³/mol. The Morgan fingerprint density at radius 2 is 2.07 bits per heavy atom. The van der Waals surface area contributed by atoms with Gasteiger partial charge in [0.05, 0.1) is 17.4 Å². The van der Waals surface area contributed by atoms with E-state index in [2.05, 4.69) is 4.98 Å². The molecule has 0 spiro atoms. The quantitative estimate of drug-likeness (QED) is 0.737. The van der Waals surface area contributed by atoms with E-state index in [1.54, 1.807) is 4.57 Å². The normalized spacial score (nSPS) is 11.1. The molecule has 0 aliphatic carbocycles. The van der Waals surface area contributed by atoms with Crippen molar-refractivity contribution in [3.8, 4) is 0 Å². The van der Waals surface area contributed by atoms with Crippen molar-refractivity contribution in [1.82, 2.24) is 9.55 Å². The van der Waals surface area contributed by atoms with Gasteiger partial charge in [0.25, 0.3) is 0 Å². The van der Waals surface area contributed by atoms with Crippen LogP contribution in [0, 0.1) is 11.6 Å². The zero-order chi connectivity index (χ0) is 10.1. The largest absolute Gasteiger partial charge is 0.364 e. The summed E-state index contributed by atoms with van der Waals surface area (Å²) in [7, 11) is 1.52. The van der Waals surface area contributed by atoms with Gasteiger partial charge in [0, 0.05) is 19.2 Å². The summed E-state index contributed by atoms with van der Waals surface area (Å²) >= 11 is 0. The maximum Gasteiger partial charge on any atom is 0.161 e. The molecule has 1 heterocycles. The molecule has 0 aliphatic heterocycles. The maximum atomic E-state index is 12.9.